The first kappa shape index (κ1) is 15.5. The fraction of sp³-hybridized carbons (Fsp3) is 0.167. The zero-order valence-corrected chi connectivity index (χ0v) is 13.5. The van der Waals surface area contributed by atoms with Crippen LogP contribution in [0.2, 0.25) is 0 Å². The fourth-order valence-electron chi connectivity index (χ4n) is 2.33. The number of carbonyl (C=O) groups excluding carboxylic acids is 1. The van der Waals surface area contributed by atoms with E-state index in [2.05, 4.69) is 4.98 Å². The number of carbonyl (C=O) groups is 1. The van der Waals surface area contributed by atoms with Crippen molar-refractivity contribution in [1.29, 1.82) is 0 Å². The zero-order valence-electron chi connectivity index (χ0n) is 12.7. The third kappa shape index (κ3) is 3.51. The Bertz CT molecular complexity index is 904. The SMILES string of the molecule is CC(=O)CSc1nc2ccccc2c(=O)n1Cc1ccccc1. The molecular weight excluding hydrogens is 308 g/mol. The molecule has 1 aromatic heterocycles. The van der Waals surface area contributed by atoms with Gasteiger partial charge in [0.25, 0.3) is 5.56 Å². The first-order valence-corrected chi connectivity index (χ1v) is 8.29. The monoisotopic (exact) mass is 324 g/mol. The molecular formula is C18H16N2O2S. The van der Waals surface area contributed by atoms with Gasteiger partial charge in [-0.2, -0.15) is 0 Å². The molecule has 0 amide bonds. The second kappa shape index (κ2) is 6.79. The summed E-state index contributed by atoms with van der Waals surface area (Å²) in [5, 5.41) is 1.17. The Morgan fingerprint density at radius 2 is 1.78 bits per heavy atom. The standard InChI is InChI=1S/C18H16N2O2S/c1-13(21)12-23-18-19-16-10-6-5-9-15(16)17(22)20(18)11-14-7-3-2-4-8-14/h2-10H,11-12H2,1H3. The summed E-state index contributed by atoms with van der Waals surface area (Å²) >= 11 is 1.31. The van der Waals surface area contributed by atoms with E-state index >= 15 is 0 Å². The molecule has 0 bridgehead atoms. The molecule has 0 N–H and O–H groups in total. The predicted octanol–water partition coefficient (Wildman–Crippen LogP) is 3.13. The quantitative estimate of drug-likeness (QED) is 0.534. The van der Waals surface area contributed by atoms with Gasteiger partial charge in [0.15, 0.2) is 5.16 Å². The molecule has 0 saturated heterocycles. The van der Waals surface area contributed by atoms with Crippen molar-refractivity contribution in [2.24, 2.45) is 0 Å². The van der Waals surface area contributed by atoms with Crippen molar-refractivity contribution in [3.8, 4) is 0 Å². The van der Waals surface area contributed by atoms with Crippen LogP contribution in [0.25, 0.3) is 10.9 Å². The number of para-hydroxylation sites is 1. The number of nitrogens with zero attached hydrogens (tertiary/aromatic N) is 2. The number of benzene rings is 2. The van der Waals surface area contributed by atoms with Gasteiger partial charge in [-0.3, -0.25) is 14.2 Å². The molecule has 0 atom stereocenters. The van der Waals surface area contributed by atoms with Crippen LogP contribution in [0, 0.1) is 0 Å². The molecule has 0 saturated carbocycles. The summed E-state index contributed by atoms with van der Waals surface area (Å²) in [6.07, 6.45) is 0. The Kier molecular flexibility index (Phi) is 4.57. The first-order chi connectivity index (χ1) is 11.1. The lowest BCUT2D eigenvalue weighted by Gasteiger charge is -2.12. The van der Waals surface area contributed by atoms with Crippen LogP contribution in [0.15, 0.2) is 64.5 Å². The minimum absolute atomic E-state index is 0.0590. The molecule has 3 aromatic rings. The topological polar surface area (TPSA) is 52.0 Å². The maximum Gasteiger partial charge on any atom is 0.262 e. The van der Waals surface area contributed by atoms with Gasteiger partial charge in [0, 0.05) is 0 Å². The van der Waals surface area contributed by atoms with E-state index in [4.69, 9.17) is 0 Å². The van der Waals surface area contributed by atoms with Gasteiger partial charge in [0.1, 0.15) is 5.78 Å². The number of fused-ring (bicyclic) bond motifs is 1. The molecule has 3 rings (SSSR count). The molecule has 0 unspecified atom stereocenters. The van der Waals surface area contributed by atoms with Gasteiger partial charge in [0.2, 0.25) is 0 Å². The number of thioether (sulfide) groups is 1. The van der Waals surface area contributed by atoms with Crippen LogP contribution < -0.4 is 5.56 Å². The average molecular weight is 324 g/mol. The maximum absolute atomic E-state index is 12.8. The zero-order chi connectivity index (χ0) is 16.2. The Morgan fingerprint density at radius 1 is 1.09 bits per heavy atom. The van der Waals surface area contributed by atoms with Gasteiger partial charge in [0.05, 0.1) is 23.2 Å². The van der Waals surface area contributed by atoms with Gasteiger partial charge in [-0.05, 0) is 24.6 Å². The van der Waals surface area contributed by atoms with E-state index in [9.17, 15) is 9.59 Å². The van der Waals surface area contributed by atoms with E-state index < -0.39 is 0 Å². The smallest absolute Gasteiger partial charge is 0.262 e. The van der Waals surface area contributed by atoms with Crippen LogP contribution in [0.3, 0.4) is 0 Å². The highest BCUT2D eigenvalue weighted by molar-refractivity contribution is 7.99. The summed E-state index contributed by atoms with van der Waals surface area (Å²) in [5.41, 5.74) is 1.61. The van der Waals surface area contributed by atoms with Crippen LogP contribution in [0.4, 0.5) is 0 Å². The van der Waals surface area contributed by atoms with Crippen molar-refractivity contribution in [3.63, 3.8) is 0 Å². The summed E-state index contributed by atoms with van der Waals surface area (Å²) < 4.78 is 1.64. The second-order valence-corrected chi connectivity index (χ2v) is 6.22. The van der Waals surface area contributed by atoms with Crippen molar-refractivity contribution < 1.29 is 4.79 Å². The van der Waals surface area contributed by atoms with Crippen LogP contribution >= 0.6 is 11.8 Å². The molecule has 1 heterocycles. The van der Waals surface area contributed by atoms with Crippen molar-refractivity contribution in [3.05, 3.63) is 70.5 Å². The second-order valence-electron chi connectivity index (χ2n) is 5.28. The highest BCUT2D eigenvalue weighted by Gasteiger charge is 2.12. The number of hydrogen-bond donors (Lipinski definition) is 0. The molecule has 116 valence electrons. The molecule has 2 aromatic carbocycles. The van der Waals surface area contributed by atoms with Crippen molar-refractivity contribution in [1.82, 2.24) is 9.55 Å². The molecule has 4 nitrogen and oxygen atoms in total. The van der Waals surface area contributed by atoms with Crippen molar-refractivity contribution >= 4 is 28.4 Å². The summed E-state index contributed by atoms with van der Waals surface area (Å²) in [6.45, 7) is 1.98. The summed E-state index contributed by atoms with van der Waals surface area (Å²) in [4.78, 5) is 28.7. The summed E-state index contributed by atoms with van der Waals surface area (Å²) in [5.74, 6) is 0.364. The lowest BCUT2D eigenvalue weighted by molar-refractivity contribution is -0.114. The first-order valence-electron chi connectivity index (χ1n) is 7.31. The summed E-state index contributed by atoms with van der Waals surface area (Å²) in [7, 11) is 0. The molecule has 0 fully saturated rings. The molecule has 0 aliphatic carbocycles. The van der Waals surface area contributed by atoms with E-state index in [0.717, 1.165) is 5.56 Å². The number of hydrogen-bond acceptors (Lipinski definition) is 4. The van der Waals surface area contributed by atoms with E-state index in [1.54, 1.807) is 10.6 Å². The minimum atomic E-state index is -0.0782. The lowest BCUT2D eigenvalue weighted by atomic mass is 10.2. The maximum atomic E-state index is 12.8. The number of ketones is 1. The van der Waals surface area contributed by atoms with Gasteiger partial charge >= 0.3 is 0 Å². The van der Waals surface area contributed by atoms with E-state index in [-0.39, 0.29) is 11.3 Å². The Balaban J connectivity index is 2.11. The Labute approximate surface area is 138 Å². The predicted molar refractivity (Wildman–Crippen MR) is 93.0 cm³/mol. The van der Waals surface area contributed by atoms with Crippen LogP contribution in [-0.2, 0) is 11.3 Å². The van der Waals surface area contributed by atoms with Crippen molar-refractivity contribution in [2.75, 3.05) is 5.75 Å². The van der Waals surface area contributed by atoms with E-state index in [1.807, 2.05) is 48.5 Å². The highest BCUT2D eigenvalue weighted by atomic mass is 32.2. The molecule has 23 heavy (non-hydrogen) atoms. The average Bonchev–Trinajstić information content (AvgIpc) is 2.57. The van der Waals surface area contributed by atoms with Gasteiger partial charge < -0.3 is 0 Å². The Hall–Kier alpha value is -2.40. The van der Waals surface area contributed by atoms with E-state index in [0.29, 0.717) is 28.4 Å². The van der Waals surface area contributed by atoms with E-state index in [1.165, 1.54) is 18.7 Å². The van der Waals surface area contributed by atoms with Crippen LogP contribution in [0.1, 0.15) is 12.5 Å². The van der Waals surface area contributed by atoms with Gasteiger partial charge in [-0.25, -0.2) is 4.98 Å². The van der Waals surface area contributed by atoms with Crippen LogP contribution in [-0.4, -0.2) is 21.1 Å². The molecule has 5 heteroatoms. The van der Waals surface area contributed by atoms with Gasteiger partial charge in [-0.15, -0.1) is 0 Å². The molecule has 0 aliphatic rings. The van der Waals surface area contributed by atoms with Gasteiger partial charge in [-0.1, -0.05) is 54.2 Å². The molecule has 0 aliphatic heterocycles. The lowest BCUT2D eigenvalue weighted by Crippen LogP contribution is -2.24. The van der Waals surface area contributed by atoms with Crippen molar-refractivity contribution in [2.45, 2.75) is 18.6 Å². The third-order valence-corrected chi connectivity index (χ3v) is 4.54. The molecule has 0 spiro atoms. The largest absolute Gasteiger partial charge is 0.299 e. The third-order valence-electron chi connectivity index (χ3n) is 3.41. The fourth-order valence-corrected chi connectivity index (χ4v) is 3.13. The normalized spacial score (nSPS) is 10.8. The minimum Gasteiger partial charge on any atom is -0.299 e. The van der Waals surface area contributed by atoms with Crippen LogP contribution in [0.5, 0.6) is 0 Å². The summed E-state index contributed by atoms with van der Waals surface area (Å²) in [6, 6.07) is 17.1. The number of Topliss-reactive ketones (excluding diaryl/α,β-unsaturated/α-hetero) is 1. The highest BCUT2D eigenvalue weighted by Crippen LogP contribution is 2.19. The molecule has 0 radical (unpaired) electrons. The number of rotatable bonds is 5. The number of aromatic nitrogens is 2. The Morgan fingerprint density at radius 3 is 2.52 bits per heavy atom.